The third kappa shape index (κ3) is 1.05. The van der Waals surface area contributed by atoms with Crippen molar-refractivity contribution in [2.75, 3.05) is 0 Å². The number of hydrogen-bond donors (Lipinski definition) is 1. The zero-order valence-electron chi connectivity index (χ0n) is 10.4. The highest BCUT2D eigenvalue weighted by Crippen LogP contribution is 2.99. The van der Waals surface area contributed by atoms with Crippen LogP contribution in [0.25, 0.3) is 0 Å². The molecule has 0 bridgehead atoms. The number of rotatable bonds is 1. The van der Waals surface area contributed by atoms with E-state index in [1.165, 1.54) is 18.2 Å². The zero-order chi connectivity index (χ0) is 14.6. The van der Waals surface area contributed by atoms with Crippen LogP contribution in [0.15, 0.2) is 27.7 Å². The molecule has 4 rings (SSSR count). The molecule has 0 saturated heterocycles. The lowest BCUT2D eigenvalue weighted by molar-refractivity contribution is 0.00642. The van der Waals surface area contributed by atoms with Gasteiger partial charge in [-0.05, 0) is 31.5 Å². The number of alkyl halides is 2. The highest BCUT2D eigenvalue weighted by molar-refractivity contribution is 9.10. The number of benzene rings is 1. The monoisotopic (exact) mass is 362 g/mol. The molecule has 2 nitrogen and oxygen atoms in total. The van der Waals surface area contributed by atoms with E-state index in [2.05, 4.69) is 20.9 Å². The largest absolute Gasteiger partial charge is 0.378 e. The van der Waals surface area contributed by atoms with Gasteiger partial charge in [-0.1, -0.05) is 27.7 Å². The van der Waals surface area contributed by atoms with Crippen LogP contribution in [-0.4, -0.2) is 15.8 Å². The van der Waals surface area contributed by atoms with Gasteiger partial charge in [-0.25, -0.2) is 13.2 Å². The molecule has 1 aliphatic heterocycles. The number of thioether (sulfide) groups is 1. The van der Waals surface area contributed by atoms with Gasteiger partial charge in [0.2, 0.25) is 0 Å². The minimum Gasteiger partial charge on any atom is -0.378 e. The van der Waals surface area contributed by atoms with Crippen molar-refractivity contribution < 1.29 is 13.2 Å². The van der Waals surface area contributed by atoms with E-state index in [1.54, 1.807) is 6.92 Å². The highest BCUT2D eigenvalue weighted by atomic mass is 79.9. The van der Waals surface area contributed by atoms with Gasteiger partial charge in [-0.3, -0.25) is 4.99 Å². The van der Waals surface area contributed by atoms with Gasteiger partial charge in [0, 0.05) is 10.0 Å². The second kappa shape index (κ2) is 3.21. The molecule has 2 aliphatic carbocycles. The molecule has 106 valence electrons. The van der Waals surface area contributed by atoms with Crippen molar-refractivity contribution in [3.8, 4) is 0 Å². The van der Waals surface area contributed by atoms with E-state index in [9.17, 15) is 13.2 Å². The Labute approximate surface area is 126 Å². The smallest absolute Gasteiger partial charge is 0.273 e. The SMILES string of the molecule is C[C@]1(c2cc(Br)ccc2F)N=C(N)SC23CC21C3(F)F. The fraction of sp³-hybridized carbons (Fsp3) is 0.462. The fourth-order valence-electron chi connectivity index (χ4n) is 3.76. The molecule has 7 heteroatoms. The predicted octanol–water partition coefficient (Wildman–Crippen LogP) is 3.64. The topological polar surface area (TPSA) is 38.4 Å². The summed E-state index contributed by atoms with van der Waals surface area (Å²) in [5, 5.41) is 0.108. The van der Waals surface area contributed by atoms with E-state index < -0.39 is 27.4 Å². The molecule has 0 amide bonds. The van der Waals surface area contributed by atoms with Gasteiger partial charge in [-0.2, -0.15) is 0 Å². The Bertz CT molecular complexity index is 694. The Kier molecular flexibility index (Phi) is 2.09. The van der Waals surface area contributed by atoms with Gasteiger partial charge in [0.1, 0.15) is 16.1 Å². The van der Waals surface area contributed by atoms with Crippen LogP contribution in [0, 0.1) is 11.2 Å². The van der Waals surface area contributed by atoms with E-state index >= 15 is 0 Å². The van der Waals surface area contributed by atoms with E-state index in [0.29, 0.717) is 10.9 Å². The number of halogens is 4. The van der Waals surface area contributed by atoms with Crippen LogP contribution >= 0.6 is 27.7 Å². The quantitative estimate of drug-likeness (QED) is 0.828. The summed E-state index contributed by atoms with van der Waals surface area (Å²) >= 11 is 4.19. The summed E-state index contributed by atoms with van der Waals surface area (Å²) in [6.07, 6.45) is 0.324. The molecule has 2 saturated carbocycles. The summed E-state index contributed by atoms with van der Waals surface area (Å²) in [7, 11) is 0. The van der Waals surface area contributed by atoms with Crippen molar-refractivity contribution in [1.29, 1.82) is 0 Å². The standard InChI is InChI=1S/C13H10BrF3N2S/c1-10(7-4-6(14)2-3-8(7)15)11-5-12(11,13(11,16)17)20-9(18)19-10/h2-4H,5H2,1H3,(H2,18,19)/t10-,11?,12?/m1/s1. The molecule has 3 aliphatic rings. The Morgan fingerprint density at radius 2 is 2.10 bits per heavy atom. The average molecular weight is 363 g/mol. The van der Waals surface area contributed by atoms with Crippen LogP contribution in [0.4, 0.5) is 13.2 Å². The van der Waals surface area contributed by atoms with Crippen molar-refractivity contribution in [1.82, 2.24) is 0 Å². The Morgan fingerprint density at radius 1 is 1.40 bits per heavy atom. The molecular formula is C13H10BrF3N2S. The lowest BCUT2D eigenvalue weighted by Gasteiger charge is -2.31. The molecule has 1 heterocycles. The molecule has 2 fully saturated rings. The second-order valence-corrected chi connectivity index (χ2v) is 7.97. The maximum atomic E-state index is 14.2. The van der Waals surface area contributed by atoms with Gasteiger partial charge in [0.05, 0.1) is 5.41 Å². The average Bonchev–Trinajstić information content (AvgIpc) is 3.16. The molecule has 0 radical (unpaired) electrons. The normalized spacial score (nSPS) is 43.4. The molecule has 1 aromatic carbocycles. The minimum atomic E-state index is -2.85. The maximum Gasteiger partial charge on any atom is 0.273 e. The Hall–Kier alpha value is -0.690. The molecule has 0 spiro atoms. The van der Waals surface area contributed by atoms with Gasteiger partial charge in [0.25, 0.3) is 5.92 Å². The number of hydrogen-bond acceptors (Lipinski definition) is 3. The summed E-state index contributed by atoms with van der Waals surface area (Å²) in [6, 6.07) is 4.32. The zero-order valence-corrected chi connectivity index (χ0v) is 12.8. The summed E-state index contributed by atoms with van der Waals surface area (Å²) in [4.78, 5) is 4.23. The van der Waals surface area contributed by atoms with E-state index in [-0.39, 0.29) is 10.7 Å². The number of amidine groups is 1. The van der Waals surface area contributed by atoms with Crippen LogP contribution < -0.4 is 5.73 Å². The van der Waals surface area contributed by atoms with Crippen LogP contribution in [-0.2, 0) is 5.54 Å². The van der Waals surface area contributed by atoms with Crippen molar-refractivity contribution in [2.24, 2.45) is 16.1 Å². The van der Waals surface area contributed by atoms with Gasteiger partial charge >= 0.3 is 0 Å². The van der Waals surface area contributed by atoms with Crippen LogP contribution in [0.1, 0.15) is 18.9 Å². The second-order valence-electron chi connectivity index (χ2n) is 5.73. The van der Waals surface area contributed by atoms with Crippen molar-refractivity contribution >= 4 is 32.9 Å². The number of nitrogens with zero attached hydrogens (tertiary/aromatic N) is 1. The van der Waals surface area contributed by atoms with Gasteiger partial charge < -0.3 is 5.73 Å². The molecule has 1 aromatic rings. The van der Waals surface area contributed by atoms with Gasteiger partial charge in [-0.15, -0.1) is 0 Å². The molecule has 2 N–H and O–H groups in total. The van der Waals surface area contributed by atoms with Gasteiger partial charge in [0.15, 0.2) is 5.17 Å². The summed E-state index contributed by atoms with van der Waals surface area (Å²) in [5.74, 6) is -3.38. The lowest BCUT2D eigenvalue weighted by Crippen LogP contribution is -2.35. The third-order valence-electron chi connectivity index (χ3n) is 4.96. The van der Waals surface area contributed by atoms with Crippen LogP contribution in [0.3, 0.4) is 0 Å². The summed E-state index contributed by atoms with van der Waals surface area (Å²) in [5.41, 5.74) is 3.29. The first-order valence-corrected chi connectivity index (χ1v) is 7.70. The minimum absolute atomic E-state index is 0.108. The molecule has 0 aromatic heterocycles. The summed E-state index contributed by atoms with van der Waals surface area (Å²) < 4.78 is 42.1. The Morgan fingerprint density at radius 3 is 2.75 bits per heavy atom. The maximum absolute atomic E-state index is 14.2. The molecular weight excluding hydrogens is 353 g/mol. The highest BCUT2D eigenvalue weighted by Gasteiger charge is 3.10. The van der Waals surface area contributed by atoms with E-state index in [0.717, 1.165) is 11.8 Å². The van der Waals surface area contributed by atoms with Crippen molar-refractivity contribution in [3.63, 3.8) is 0 Å². The van der Waals surface area contributed by atoms with Crippen LogP contribution in [0.5, 0.6) is 0 Å². The predicted molar refractivity (Wildman–Crippen MR) is 75.4 cm³/mol. The first-order chi connectivity index (χ1) is 9.22. The fourth-order valence-corrected chi connectivity index (χ4v) is 5.75. The molecule has 3 atom stereocenters. The molecule has 2 unspecified atom stereocenters. The first kappa shape index (κ1) is 13.0. The number of nitrogens with two attached hydrogens (primary N) is 1. The summed E-state index contributed by atoms with van der Waals surface area (Å²) in [6.45, 7) is 1.56. The number of aliphatic imine (C=N–C) groups is 1. The van der Waals surface area contributed by atoms with Crippen molar-refractivity contribution in [2.45, 2.75) is 29.6 Å². The third-order valence-corrected chi connectivity index (χ3v) is 6.85. The lowest BCUT2D eigenvalue weighted by atomic mass is 9.81. The first-order valence-electron chi connectivity index (χ1n) is 6.10. The van der Waals surface area contributed by atoms with E-state index in [4.69, 9.17) is 5.73 Å². The van der Waals surface area contributed by atoms with Crippen LogP contribution in [0.2, 0.25) is 0 Å². The Balaban J connectivity index is 1.96. The van der Waals surface area contributed by atoms with Crippen molar-refractivity contribution in [3.05, 3.63) is 34.1 Å². The molecule has 20 heavy (non-hydrogen) atoms. The van der Waals surface area contributed by atoms with E-state index in [1.807, 2.05) is 0 Å².